The predicted octanol–water partition coefficient (Wildman–Crippen LogP) is 3.28. The number of carbonyl (C=O) groups is 1. The van der Waals surface area contributed by atoms with Gasteiger partial charge in [-0.05, 0) is 32.3 Å². The van der Waals surface area contributed by atoms with Crippen LogP contribution < -0.4 is 10.2 Å². The summed E-state index contributed by atoms with van der Waals surface area (Å²) in [6.45, 7) is 3.63. The van der Waals surface area contributed by atoms with E-state index in [9.17, 15) is 31.9 Å². The molecule has 2 unspecified atom stereocenters. The van der Waals surface area contributed by atoms with Crippen LogP contribution in [0.2, 0.25) is 0 Å². The van der Waals surface area contributed by atoms with E-state index >= 15 is 0 Å². The van der Waals surface area contributed by atoms with E-state index in [1.165, 1.54) is 27.7 Å². The van der Waals surface area contributed by atoms with Crippen molar-refractivity contribution in [3.05, 3.63) is 35.5 Å². The molecule has 1 aliphatic carbocycles. The number of piperidine rings is 1. The fourth-order valence-electron chi connectivity index (χ4n) is 6.43. The van der Waals surface area contributed by atoms with Gasteiger partial charge in [0.25, 0.3) is 11.7 Å². The van der Waals surface area contributed by atoms with Gasteiger partial charge in [0.1, 0.15) is 23.3 Å². The quantitative estimate of drug-likeness (QED) is 0.291. The minimum atomic E-state index is -4.42. The van der Waals surface area contributed by atoms with Crippen LogP contribution >= 0.6 is 0 Å². The Morgan fingerprint density at radius 3 is 2.63 bits per heavy atom. The van der Waals surface area contributed by atoms with E-state index in [1.807, 2.05) is 11.8 Å². The van der Waals surface area contributed by atoms with Crippen LogP contribution in [0.4, 0.5) is 27.8 Å². The Labute approximate surface area is 261 Å². The van der Waals surface area contributed by atoms with Gasteiger partial charge in [-0.25, -0.2) is 23.3 Å². The Balaban J connectivity index is 1.39. The second-order valence-corrected chi connectivity index (χ2v) is 12.1. The number of carbonyl (C=O) groups excluding carboxylic acids is 1. The second-order valence-electron chi connectivity index (χ2n) is 12.1. The van der Waals surface area contributed by atoms with Crippen molar-refractivity contribution in [1.82, 2.24) is 34.7 Å². The highest BCUT2D eigenvalue weighted by molar-refractivity contribution is 6.10. The highest BCUT2D eigenvalue weighted by Gasteiger charge is 2.45. The van der Waals surface area contributed by atoms with Crippen LogP contribution in [0.15, 0.2) is 23.5 Å². The number of rotatable bonds is 7. The lowest BCUT2D eigenvalue weighted by molar-refractivity contribution is -0.190. The topological polar surface area (TPSA) is 135 Å². The van der Waals surface area contributed by atoms with Crippen molar-refractivity contribution in [3.8, 4) is 0 Å². The molecule has 46 heavy (non-hydrogen) atoms. The number of hydrogen-bond acceptors (Lipinski definition) is 9. The highest BCUT2D eigenvalue weighted by Crippen LogP contribution is 2.38. The number of hydrogen-bond donors (Lipinski definition) is 2. The zero-order valence-corrected chi connectivity index (χ0v) is 25.3. The fraction of sp³-hybridized carbons (Fsp3) is 0.655. The Kier molecular flexibility index (Phi) is 9.08. The SMILES string of the molecule is CCn1nccc1C(=O)N=C(c1cn2nc(CC3C[C@@H](C(F)(F)F)CNC3O)c(N3CCOCC3)nc2n1)C1CCC(F)(F)CC1. The second kappa shape index (κ2) is 12.9. The summed E-state index contributed by atoms with van der Waals surface area (Å²) in [5.74, 6) is -5.72. The first-order chi connectivity index (χ1) is 21.9. The van der Waals surface area contributed by atoms with E-state index in [0.717, 1.165) is 0 Å². The molecule has 0 spiro atoms. The number of aromatic nitrogens is 6. The van der Waals surface area contributed by atoms with E-state index in [0.29, 0.717) is 44.4 Å². The third-order valence-electron chi connectivity index (χ3n) is 9.02. The van der Waals surface area contributed by atoms with Crippen LogP contribution in [-0.2, 0) is 17.7 Å². The standard InChI is InChI=1S/C29H36F5N9O3/c1-2-42-22(5-8-36-42)26(45)38-23(17-3-6-28(30,31)7-4-17)21-16-43-27(37-21)39-24(41-9-11-46-12-10-41)20(40-43)14-18-13-19(29(32,33)34)15-35-25(18)44/h5,8,16-19,25,35,44H,2-4,6-7,9-15H2,1H3/t18?,19-,25?/m1/s1. The lowest BCUT2D eigenvalue weighted by atomic mass is 9.83. The maximum Gasteiger partial charge on any atom is 0.393 e. The van der Waals surface area contributed by atoms with Crippen LogP contribution in [-0.4, -0.2) is 97.3 Å². The number of aryl methyl sites for hydroxylation is 1. The number of aliphatic imine (C=N–C) groups is 1. The van der Waals surface area contributed by atoms with Gasteiger partial charge >= 0.3 is 6.18 Å². The smallest absolute Gasteiger partial charge is 0.378 e. The Morgan fingerprint density at radius 1 is 1.20 bits per heavy atom. The minimum absolute atomic E-state index is 0.00202. The van der Waals surface area contributed by atoms with Gasteiger partial charge in [-0.1, -0.05) is 0 Å². The third kappa shape index (κ3) is 6.90. The van der Waals surface area contributed by atoms with Crippen molar-refractivity contribution in [3.63, 3.8) is 0 Å². The molecule has 1 amide bonds. The summed E-state index contributed by atoms with van der Waals surface area (Å²) in [4.78, 5) is 29.0. The van der Waals surface area contributed by atoms with Gasteiger partial charge in [0.05, 0.1) is 31.0 Å². The Morgan fingerprint density at radius 2 is 1.93 bits per heavy atom. The molecule has 3 aromatic heterocycles. The molecule has 1 saturated carbocycles. The molecular formula is C29H36F5N9O3. The predicted molar refractivity (Wildman–Crippen MR) is 155 cm³/mol. The van der Waals surface area contributed by atoms with Gasteiger partial charge in [0.2, 0.25) is 5.92 Å². The average Bonchev–Trinajstić information content (AvgIpc) is 3.67. The summed E-state index contributed by atoms with van der Waals surface area (Å²) >= 11 is 0. The molecule has 5 heterocycles. The number of amides is 1. The zero-order valence-electron chi connectivity index (χ0n) is 25.3. The molecule has 12 nitrogen and oxygen atoms in total. The average molecular weight is 654 g/mol. The molecule has 0 radical (unpaired) electrons. The molecule has 17 heteroatoms. The van der Waals surface area contributed by atoms with Crippen molar-refractivity contribution >= 4 is 23.2 Å². The normalized spacial score (nSPS) is 24.9. The molecule has 3 atom stereocenters. The minimum Gasteiger partial charge on any atom is -0.378 e. The number of fused-ring (bicyclic) bond motifs is 1. The number of anilines is 1. The Bertz CT molecular complexity index is 1570. The van der Waals surface area contributed by atoms with Crippen LogP contribution in [0.25, 0.3) is 5.78 Å². The fourth-order valence-corrected chi connectivity index (χ4v) is 6.43. The van der Waals surface area contributed by atoms with Gasteiger partial charge in [0, 0.05) is 63.5 Å². The number of halogens is 5. The first kappa shape index (κ1) is 32.4. The summed E-state index contributed by atoms with van der Waals surface area (Å²) in [7, 11) is 0. The first-order valence-electron chi connectivity index (χ1n) is 15.5. The lowest BCUT2D eigenvalue weighted by Gasteiger charge is -2.36. The van der Waals surface area contributed by atoms with E-state index in [4.69, 9.17) is 14.8 Å². The summed E-state index contributed by atoms with van der Waals surface area (Å²) in [5.41, 5.74) is 1.10. The zero-order chi connectivity index (χ0) is 32.6. The maximum absolute atomic E-state index is 14.1. The highest BCUT2D eigenvalue weighted by atomic mass is 19.4. The maximum atomic E-state index is 14.1. The van der Waals surface area contributed by atoms with Crippen LogP contribution in [0, 0.1) is 17.8 Å². The molecule has 0 bridgehead atoms. The largest absolute Gasteiger partial charge is 0.393 e. The molecule has 0 aromatic carbocycles. The Hall–Kier alpha value is -3.57. The van der Waals surface area contributed by atoms with Crippen LogP contribution in [0.3, 0.4) is 0 Å². The number of aliphatic hydroxyl groups is 1. The molecule has 3 aromatic rings. The number of morpholine rings is 1. The molecule has 2 saturated heterocycles. The van der Waals surface area contributed by atoms with Gasteiger partial charge in [0.15, 0.2) is 5.82 Å². The van der Waals surface area contributed by atoms with E-state index in [1.54, 1.807) is 0 Å². The van der Waals surface area contributed by atoms with E-state index < -0.39 is 42.0 Å². The van der Waals surface area contributed by atoms with Crippen molar-refractivity contribution in [2.45, 2.75) is 70.3 Å². The summed E-state index contributed by atoms with van der Waals surface area (Å²) < 4.78 is 77.3. The molecule has 3 fully saturated rings. The van der Waals surface area contributed by atoms with Gasteiger partial charge in [-0.2, -0.15) is 28.4 Å². The third-order valence-corrected chi connectivity index (χ3v) is 9.02. The molecule has 250 valence electrons. The van der Waals surface area contributed by atoms with E-state index in [-0.39, 0.29) is 67.9 Å². The van der Waals surface area contributed by atoms with Gasteiger partial charge in [-0.3, -0.25) is 14.8 Å². The summed E-state index contributed by atoms with van der Waals surface area (Å²) in [5, 5.41) is 22.0. The van der Waals surface area contributed by atoms with Crippen molar-refractivity contribution in [2.24, 2.45) is 22.7 Å². The molecule has 3 aliphatic rings. The molecule has 2 N–H and O–H groups in total. The lowest BCUT2D eigenvalue weighted by Crippen LogP contribution is -2.50. The number of aliphatic hydroxyl groups excluding tert-OH is 1. The molecule has 6 rings (SSSR count). The monoisotopic (exact) mass is 653 g/mol. The number of ether oxygens (including phenoxy) is 1. The van der Waals surface area contributed by atoms with Crippen LogP contribution in [0.5, 0.6) is 0 Å². The van der Waals surface area contributed by atoms with Gasteiger partial charge in [-0.15, -0.1) is 0 Å². The molecular weight excluding hydrogens is 617 g/mol. The first-order valence-corrected chi connectivity index (χ1v) is 15.5. The number of imidazole rings is 1. The van der Waals surface area contributed by atoms with E-state index in [2.05, 4.69) is 20.4 Å². The summed E-state index contributed by atoms with van der Waals surface area (Å²) in [6.07, 6.45) is -3.40. The number of nitrogens with zero attached hydrogens (tertiary/aromatic N) is 8. The number of nitrogens with one attached hydrogen (secondary N) is 1. The number of alkyl halides is 5. The van der Waals surface area contributed by atoms with Crippen molar-refractivity contribution in [1.29, 1.82) is 0 Å². The van der Waals surface area contributed by atoms with Crippen molar-refractivity contribution in [2.75, 3.05) is 37.7 Å². The van der Waals surface area contributed by atoms with Crippen LogP contribution in [0.1, 0.15) is 60.9 Å². The molecule has 2 aliphatic heterocycles. The van der Waals surface area contributed by atoms with Crippen molar-refractivity contribution < 1.29 is 36.6 Å². The summed E-state index contributed by atoms with van der Waals surface area (Å²) in [6, 6.07) is 1.54. The van der Waals surface area contributed by atoms with Gasteiger partial charge < -0.3 is 14.7 Å².